The summed E-state index contributed by atoms with van der Waals surface area (Å²) in [4.78, 5) is 0. The zero-order valence-electron chi connectivity index (χ0n) is 8.80. The first-order valence-electron chi connectivity index (χ1n) is 4.98. The molecular weight excluding hydrogens is 158 g/mol. The van der Waals surface area contributed by atoms with Gasteiger partial charge in [-0.05, 0) is 31.0 Å². The van der Waals surface area contributed by atoms with Crippen LogP contribution in [0.15, 0.2) is 24.3 Å². The molecule has 0 heterocycles. The number of hydrogen-bond donors (Lipinski definition) is 1. The molecular formula is C12H19N. The Balaban J connectivity index is 2.41. The van der Waals surface area contributed by atoms with Crippen molar-refractivity contribution in [2.75, 3.05) is 6.54 Å². The minimum absolute atomic E-state index is 0.587. The van der Waals surface area contributed by atoms with Crippen LogP contribution in [-0.2, 0) is 6.42 Å². The molecule has 0 spiro atoms. The second-order valence-corrected chi connectivity index (χ2v) is 3.79. The van der Waals surface area contributed by atoms with E-state index in [-0.39, 0.29) is 0 Å². The second-order valence-electron chi connectivity index (χ2n) is 3.79. The lowest BCUT2D eigenvalue weighted by atomic mass is 10.1. The molecule has 0 saturated heterocycles. The molecule has 0 aromatic heterocycles. The standard InChI is InChI=1S/C12H19N/c1-10(2)13-9-8-12-7-5-4-6-11(12)3/h4-7,10,13H,8-9H2,1-3H3. The van der Waals surface area contributed by atoms with Crippen LogP contribution in [0.4, 0.5) is 0 Å². The maximum Gasteiger partial charge on any atom is 0.00105 e. The van der Waals surface area contributed by atoms with Crippen molar-refractivity contribution in [3.05, 3.63) is 35.4 Å². The second kappa shape index (κ2) is 5.03. The van der Waals surface area contributed by atoms with E-state index < -0.39 is 0 Å². The maximum atomic E-state index is 3.42. The maximum absolute atomic E-state index is 3.42. The summed E-state index contributed by atoms with van der Waals surface area (Å²) in [6, 6.07) is 9.16. The highest BCUT2D eigenvalue weighted by atomic mass is 14.9. The molecule has 0 bridgehead atoms. The summed E-state index contributed by atoms with van der Waals surface area (Å²) in [6.45, 7) is 7.60. The van der Waals surface area contributed by atoms with Gasteiger partial charge in [-0.2, -0.15) is 0 Å². The van der Waals surface area contributed by atoms with Crippen LogP contribution in [0, 0.1) is 6.92 Å². The summed E-state index contributed by atoms with van der Waals surface area (Å²) in [5.74, 6) is 0. The predicted octanol–water partition coefficient (Wildman–Crippen LogP) is 2.54. The SMILES string of the molecule is Cc1ccccc1CCNC(C)C. The number of rotatable bonds is 4. The highest BCUT2D eigenvalue weighted by molar-refractivity contribution is 5.25. The van der Waals surface area contributed by atoms with Crippen LogP contribution in [0.1, 0.15) is 25.0 Å². The van der Waals surface area contributed by atoms with Gasteiger partial charge in [0.05, 0.1) is 0 Å². The third kappa shape index (κ3) is 3.60. The first-order valence-corrected chi connectivity index (χ1v) is 4.98. The van der Waals surface area contributed by atoms with Gasteiger partial charge in [0, 0.05) is 6.04 Å². The van der Waals surface area contributed by atoms with Gasteiger partial charge in [0.15, 0.2) is 0 Å². The average Bonchev–Trinajstić information content (AvgIpc) is 2.08. The Bertz CT molecular complexity index is 253. The van der Waals surface area contributed by atoms with Gasteiger partial charge in [-0.1, -0.05) is 38.1 Å². The van der Waals surface area contributed by atoms with Crippen LogP contribution < -0.4 is 5.32 Å². The number of hydrogen-bond acceptors (Lipinski definition) is 1. The fraction of sp³-hybridized carbons (Fsp3) is 0.500. The van der Waals surface area contributed by atoms with Crippen molar-refractivity contribution in [1.29, 1.82) is 0 Å². The van der Waals surface area contributed by atoms with Crippen LogP contribution in [0.3, 0.4) is 0 Å². The van der Waals surface area contributed by atoms with Crippen molar-refractivity contribution in [2.24, 2.45) is 0 Å². The predicted molar refractivity (Wildman–Crippen MR) is 58.0 cm³/mol. The first-order chi connectivity index (χ1) is 6.20. The van der Waals surface area contributed by atoms with Crippen LogP contribution >= 0.6 is 0 Å². The van der Waals surface area contributed by atoms with E-state index in [9.17, 15) is 0 Å². The van der Waals surface area contributed by atoms with Gasteiger partial charge in [0.25, 0.3) is 0 Å². The number of aryl methyl sites for hydroxylation is 1. The van der Waals surface area contributed by atoms with E-state index in [0.29, 0.717) is 6.04 Å². The van der Waals surface area contributed by atoms with Crippen molar-refractivity contribution in [2.45, 2.75) is 33.2 Å². The molecule has 1 heteroatoms. The molecule has 1 aromatic rings. The zero-order valence-corrected chi connectivity index (χ0v) is 8.80. The Morgan fingerprint density at radius 2 is 1.92 bits per heavy atom. The summed E-state index contributed by atoms with van der Waals surface area (Å²) < 4.78 is 0. The largest absolute Gasteiger partial charge is 0.314 e. The lowest BCUT2D eigenvalue weighted by Crippen LogP contribution is -2.25. The summed E-state index contributed by atoms with van der Waals surface area (Å²) >= 11 is 0. The minimum Gasteiger partial charge on any atom is -0.314 e. The average molecular weight is 177 g/mol. The van der Waals surface area contributed by atoms with Gasteiger partial charge in [0.1, 0.15) is 0 Å². The summed E-state index contributed by atoms with van der Waals surface area (Å²) in [6.07, 6.45) is 1.13. The topological polar surface area (TPSA) is 12.0 Å². The Labute approximate surface area is 81.2 Å². The Kier molecular flexibility index (Phi) is 3.97. The molecule has 0 fully saturated rings. The van der Waals surface area contributed by atoms with Crippen LogP contribution in [0.2, 0.25) is 0 Å². The van der Waals surface area contributed by atoms with E-state index >= 15 is 0 Å². The van der Waals surface area contributed by atoms with Crippen molar-refractivity contribution in [1.82, 2.24) is 5.32 Å². The third-order valence-electron chi connectivity index (χ3n) is 2.21. The fourth-order valence-corrected chi connectivity index (χ4v) is 1.39. The van der Waals surface area contributed by atoms with Crippen LogP contribution in [-0.4, -0.2) is 12.6 Å². The smallest absolute Gasteiger partial charge is 0.00105 e. The lowest BCUT2D eigenvalue weighted by Gasteiger charge is -2.09. The van der Waals surface area contributed by atoms with Gasteiger partial charge in [0.2, 0.25) is 0 Å². The molecule has 1 N–H and O–H groups in total. The van der Waals surface area contributed by atoms with Gasteiger partial charge in [-0.3, -0.25) is 0 Å². The molecule has 1 nitrogen and oxygen atoms in total. The van der Waals surface area contributed by atoms with Gasteiger partial charge >= 0.3 is 0 Å². The first kappa shape index (κ1) is 10.3. The molecule has 1 aromatic carbocycles. The molecule has 0 unspecified atom stereocenters. The molecule has 13 heavy (non-hydrogen) atoms. The third-order valence-corrected chi connectivity index (χ3v) is 2.21. The highest BCUT2D eigenvalue weighted by Gasteiger charge is 1.97. The Morgan fingerprint density at radius 3 is 2.54 bits per heavy atom. The number of benzene rings is 1. The van der Waals surface area contributed by atoms with E-state index in [0.717, 1.165) is 13.0 Å². The van der Waals surface area contributed by atoms with Gasteiger partial charge in [-0.15, -0.1) is 0 Å². The van der Waals surface area contributed by atoms with E-state index in [1.165, 1.54) is 11.1 Å². The molecule has 0 atom stereocenters. The highest BCUT2D eigenvalue weighted by Crippen LogP contribution is 2.06. The van der Waals surface area contributed by atoms with Gasteiger partial charge in [-0.25, -0.2) is 0 Å². The zero-order chi connectivity index (χ0) is 9.68. The summed E-state index contributed by atoms with van der Waals surface area (Å²) in [7, 11) is 0. The van der Waals surface area contributed by atoms with Crippen molar-refractivity contribution in [3.63, 3.8) is 0 Å². The van der Waals surface area contributed by atoms with E-state index in [1.54, 1.807) is 0 Å². The monoisotopic (exact) mass is 177 g/mol. The minimum atomic E-state index is 0.587. The van der Waals surface area contributed by atoms with Gasteiger partial charge < -0.3 is 5.32 Å². The van der Waals surface area contributed by atoms with Crippen molar-refractivity contribution >= 4 is 0 Å². The molecule has 0 saturated carbocycles. The normalized spacial score (nSPS) is 10.8. The molecule has 0 aliphatic rings. The molecule has 0 amide bonds. The molecule has 1 rings (SSSR count). The quantitative estimate of drug-likeness (QED) is 0.745. The van der Waals surface area contributed by atoms with E-state index in [4.69, 9.17) is 0 Å². The lowest BCUT2D eigenvalue weighted by molar-refractivity contribution is 0.590. The Morgan fingerprint density at radius 1 is 1.23 bits per heavy atom. The van der Waals surface area contributed by atoms with Crippen LogP contribution in [0.5, 0.6) is 0 Å². The number of nitrogens with one attached hydrogen (secondary N) is 1. The van der Waals surface area contributed by atoms with Crippen molar-refractivity contribution < 1.29 is 0 Å². The Hall–Kier alpha value is -0.820. The van der Waals surface area contributed by atoms with Crippen molar-refractivity contribution in [3.8, 4) is 0 Å². The van der Waals surface area contributed by atoms with E-state index in [1.807, 2.05) is 0 Å². The molecule has 0 aliphatic heterocycles. The van der Waals surface area contributed by atoms with Crippen LogP contribution in [0.25, 0.3) is 0 Å². The summed E-state index contributed by atoms with van der Waals surface area (Å²) in [5.41, 5.74) is 2.85. The fourth-order valence-electron chi connectivity index (χ4n) is 1.39. The molecule has 0 aliphatic carbocycles. The summed E-state index contributed by atoms with van der Waals surface area (Å²) in [5, 5.41) is 3.42. The molecule has 0 radical (unpaired) electrons. The van der Waals surface area contributed by atoms with E-state index in [2.05, 4.69) is 50.4 Å². The molecule has 72 valence electrons.